The molecule has 3 fully saturated rings. The predicted molar refractivity (Wildman–Crippen MR) is 77.1 cm³/mol. The van der Waals surface area contributed by atoms with Gasteiger partial charge in [0, 0.05) is 18.6 Å². The average molecular weight is 304 g/mol. The first-order chi connectivity index (χ1) is 10.0. The minimum absolute atomic E-state index is 0.334. The van der Waals surface area contributed by atoms with E-state index in [-0.39, 0.29) is 0 Å². The molecule has 0 aromatic rings. The lowest BCUT2D eigenvalue weighted by molar-refractivity contribution is -0.184. The largest absolute Gasteiger partial charge is 0.391 e. The van der Waals surface area contributed by atoms with Gasteiger partial charge in [-0.05, 0) is 70.4 Å². The van der Waals surface area contributed by atoms with Crippen molar-refractivity contribution >= 4 is 0 Å². The molecule has 122 valence electrons. The molecule has 21 heavy (non-hydrogen) atoms. The van der Waals surface area contributed by atoms with Crippen LogP contribution in [0.5, 0.6) is 0 Å². The summed E-state index contributed by atoms with van der Waals surface area (Å²) in [6.07, 6.45) is 3.17. The normalized spacial score (nSPS) is 35.1. The molecule has 3 rings (SSSR count). The summed E-state index contributed by atoms with van der Waals surface area (Å²) in [5.74, 6) is -0.356. The molecule has 1 heterocycles. The molecule has 2 saturated carbocycles. The average Bonchev–Trinajstić information content (AvgIpc) is 3.30. The van der Waals surface area contributed by atoms with E-state index >= 15 is 0 Å². The molecule has 1 N–H and O–H groups in total. The van der Waals surface area contributed by atoms with Crippen molar-refractivity contribution in [1.82, 2.24) is 10.2 Å². The second-order valence-electron chi connectivity index (χ2n) is 7.19. The maximum atomic E-state index is 12.8. The van der Waals surface area contributed by atoms with E-state index < -0.39 is 12.1 Å². The zero-order chi connectivity index (χ0) is 14.9. The molecule has 0 amide bonds. The number of hydrogen-bond acceptors (Lipinski definition) is 2. The quantitative estimate of drug-likeness (QED) is 0.854. The fourth-order valence-electron chi connectivity index (χ4n) is 4.12. The molecular formula is C16H27F3N2. The van der Waals surface area contributed by atoms with Crippen LogP contribution in [-0.2, 0) is 0 Å². The number of nitrogens with one attached hydrogen (secondary N) is 1. The van der Waals surface area contributed by atoms with Gasteiger partial charge in [-0.25, -0.2) is 0 Å². The lowest BCUT2D eigenvalue weighted by atomic mass is 9.84. The number of alkyl halides is 3. The first-order valence-electron chi connectivity index (χ1n) is 8.57. The fourth-order valence-corrected chi connectivity index (χ4v) is 4.12. The van der Waals surface area contributed by atoms with Gasteiger partial charge >= 0.3 is 6.18 Å². The minimum Gasteiger partial charge on any atom is -0.316 e. The topological polar surface area (TPSA) is 15.3 Å². The predicted octanol–water partition coefficient (Wildman–Crippen LogP) is 3.57. The van der Waals surface area contributed by atoms with Crippen LogP contribution in [0.4, 0.5) is 13.2 Å². The second kappa shape index (κ2) is 6.45. The van der Waals surface area contributed by atoms with Crippen LogP contribution in [0.25, 0.3) is 0 Å². The molecule has 0 aromatic carbocycles. The summed E-state index contributed by atoms with van der Waals surface area (Å²) in [5.41, 5.74) is 0. The lowest BCUT2D eigenvalue weighted by Gasteiger charge is -2.40. The number of hydrogen-bond donors (Lipinski definition) is 1. The van der Waals surface area contributed by atoms with Crippen LogP contribution in [0.15, 0.2) is 0 Å². The van der Waals surface area contributed by atoms with E-state index in [0.29, 0.717) is 30.8 Å². The van der Waals surface area contributed by atoms with Crippen molar-refractivity contribution in [3.8, 4) is 0 Å². The van der Waals surface area contributed by atoms with Crippen molar-refractivity contribution < 1.29 is 13.2 Å². The molecule has 3 aliphatic rings. The monoisotopic (exact) mass is 304 g/mol. The molecule has 2 nitrogen and oxygen atoms in total. The maximum Gasteiger partial charge on any atom is 0.391 e. The summed E-state index contributed by atoms with van der Waals surface area (Å²) in [6, 6.07) is 1.07. The van der Waals surface area contributed by atoms with Crippen LogP contribution in [-0.4, -0.2) is 42.8 Å². The third-order valence-corrected chi connectivity index (χ3v) is 5.51. The summed E-state index contributed by atoms with van der Waals surface area (Å²) in [7, 11) is 0. The van der Waals surface area contributed by atoms with Gasteiger partial charge in [-0.2, -0.15) is 13.2 Å². The Morgan fingerprint density at radius 1 is 0.905 bits per heavy atom. The molecule has 0 radical (unpaired) electrons. The Morgan fingerprint density at radius 3 is 2.00 bits per heavy atom. The van der Waals surface area contributed by atoms with Crippen molar-refractivity contribution in [2.24, 2.45) is 11.8 Å². The van der Waals surface area contributed by atoms with Gasteiger partial charge in [0.15, 0.2) is 0 Å². The van der Waals surface area contributed by atoms with E-state index in [9.17, 15) is 13.2 Å². The van der Waals surface area contributed by atoms with Crippen molar-refractivity contribution in [2.75, 3.05) is 19.6 Å². The highest BCUT2D eigenvalue weighted by Gasteiger charge is 2.44. The van der Waals surface area contributed by atoms with E-state index in [1.54, 1.807) is 0 Å². The minimum atomic E-state index is -3.98. The van der Waals surface area contributed by atoms with Gasteiger partial charge in [-0.15, -0.1) is 0 Å². The summed E-state index contributed by atoms with van der Waals surface area (Å²) < 4.78 is 38.4. The Bertz CT molecular complexity index is 327. The third-order valence-electron chi connectivity index (χ3n) is 5.51. The van der Waals surface area contributed by atoms with Crippen LogP contribution >= 0.6 is 0 Å². The summed E-state index contributed by atoms with van der Waals surface area (Å²) in [6.45, 7) is 3.30. The number of piperidine rings is 1. The number of rotatable bonds is 4. The van der Waals surface area contributed by atoms with Gasteiger partial charge in [0.25, 0.3) is 0 Å². The van der Waals surface area contributed by atoms with Gasteiger partial charge in [0.2, 0.25) is 0 Å². The van der Waals surface area contributed by atoms with Gasteiger partial charge < -0.3 is 5.32 Å². The smallest absolute Gasteiger partial charge is 0.316 e. The fraction of sp³-hybridized carbons (Fsp3) is 1.00. The first kappa shape index (κ1) is 15.6. The first-order valence-corrected chi connectivity index (χ1v) is 8.57. The molecule has 0 bridgehead atoms. The van der Waals surface area contributed by atoms with E-state index in [4.69, 9.17) is 0 Å². The highest BCUT2D eigenvalue weighted by Crippen LogP contribution is 2.41. The molecule has 1 aliphatic heterocycles. The van der Waals surface area contributed by atoms with Gasteiger partial charge in [-0.1, -0.05) is 0 Å². The van der Waals surface area contributed by atoms with Crippen molar-refractivity contribution in [2.45, 2.75) is 69.6 Å². The van der Waals surface area contributed by atoms with Crippen LogP contribution in [0, 0.1) is 11.8 Å². The van der Waals surface area contributed by atoms with Crippen LogP contribution < -0.4 is 5.32 Å². The highest BCUT2D eigenvalue weighted by molar-refractivity contribution is 4.93. The number of halogens is 3. The Hall–Kier alpha value is -0.290. The zero-order valence-electron chi connectivity index (χ0n) is 12.7. The Balaban J connectivity index is 1.53. The Kier molecular flexibility index (Phi) is 4.79. The molecule has 1 saturated heterocycles. The van der Waals surface area contributed by atoms with Crippen LogP contribution in [0.3, 0.4) is 0 Å². The molecule has 1 atom stereocenters. The zero-order valence-corrected chi connectivity index (χ0v) is 12.7. The van der Waals surface area contributed by atoms with E-state index in [2.05, 4.69) is 10.2 Å². The maximum absolute atomic E-state index is 12.8. The van der Waals surface area contributed by atoms with E-state index in [0.717, 1.165) is 32.5 Å². The van der Waals surface area contributed by atoms with E-state index in [1.165, 1.54) is 25.7 Å². The Labute approximate surface area is 125 Å². The van der Waals surface area contributed by atoms with Gasteiger partial charge in [0.05, 0.1) is 5.92 Å². The van der Waals surface area contributed by atoms with E-state index in [1.807, 2.05) is 0 Å². The Morgan fingerprint density at radius 2 is 1.52 bits per heavy atom. The standard InChI is InChI=1S/C16H27F3N2/c17-16(18,19)13-3-5-14(6-4-13)21(15-7-8-15)11-12-2-1-9-20-10-12/h12-15,20H,1-11H2. The van der Waals surface area contributed by atoms with Gasteiger partial charge in [-0.3, -0.25) is 4.90 Å². The molecule has 0 aromatic heterocycles. The molecule has 2 aliphatic carbocycles. The third kappa shape index (κ3) is 4.13. The van der Waals surface area contributed by atoms with Gasteiger partial charge in [0.1, 0.15) is 0 Å². The van der Waals surface area contributed by atoms with Crippen molar-refractivity contribution in [1.29, 1.82) is 0 Å². The summed E-state index contributed by atoms with van der Waals surface area (Å²) >= 11 is 0. The summed E-state index contributed by atoms with van der Waals surface area (Å²) in [5, 5.41) is 3.45. The van der Waals surface area contributed by atoms with Crippen molar-refractivity contribution in [3.63, 3.8) is 0 Å². The molecule has 5 heteroatoms. The lowest BCUT2D eigenvalue weighted by Crippen LogP contribution is -2.46. The second-order valence-corrected chi connectivity index (χ2v) is 7.19. The molecule has 0 spiro atoms. The van der Waals surface area contributed by atoms with Crippen molar-refractivity contribution in [3.05, 3.63) is 0 Å². The summed E-state index contributed by atoms with van der Waals surface area (Å²) in [4.78, 5) is 2.57. The van der Waals surface area contributed by atoms with Crippen LogP contribution in [0.1, 0.15) is 51.4 Å². The van der Waals surface area contributed by atoms with Crippen LogP contribution in [0.2, 0.25) is 0 Å². The SMILES string of the molecule is FC(F)(F)C1CCC(N(CC2CCCNC2)C2CC2)CC1. The molecule has 1 unspecified atom stereocenters. The number of nitrogens with zero attached hydrogens (tertiary/aromatic N) is 1. The highest BCUT2D eigenvalue weighted by atomic mass is 19.4. The molecular weight excluding hydrogens is 277 g/mol.